The number of nitrogens with one attached hydrogen (secondary N) is 2. The molecule has 2 amide bonds. The highest BCUT2D eigenvalue weighted by molar-refractivity contribution is 6.38. The summed E-state index contributed by atoms with van der Waals surface area (Å²) in [4.78, 5) is 85.3. The van der Waals surface area contributed by atoms with Gasteiger partial charge in [-0.1, -0.05) is 72.3 Å². The molecule has 6 N–H and O–H groups in total. The van der Waals surface area contributed by atoms with E-state index >= 15 is 0 Å². The molecule has 7 atom stereocenters. The Hall–Kier alpha value is -4.95. The van der Waals surface area contributed by atoms with E-state index in [9.17, 15) is 39.0 Å². The van der Waals surface area contributed by atoms with Gasteiger partial charge in [-0.15, -0.1) is 0 Å². The average molecular weight is 730 g/mol. The standard InChI is InChI=1S/C38H40ClN5O8/c1-43(2)29-21-15-20-16-22-30(44(3)4)33(47)25(36(40)50)35(49)38(22,52)34(48)23(20)31(45)24(21)32(46)28(26(29)39)42-37(51)27(19-13-9-6-10-14-19)41-17-18-11-7-5-8-12-18/h5-14,20,22-23,25,27,30,41,46,52H,15-17H2,1-4H3,(H2,40,50)(H,42,51)/t20?,22?,23?,25?,27?,30-,38-/m0/s1. The van der Waals surface area contributed by atoms with Gasteiger partial charge in [-0.2, -0.15) is 0 Å². The number of hydrogen-bond donors (Lipinski definition) is 5. The fourth-order valence-electron chi connectivity index (χ4n) is 8.29. The number of nitrogens with two attached hydrogens (primary N) is 1. The number of nitrogens with zero attached hydrogens (tertiary/aromatic N) is 2. The first kappa shape index (κ1) is 36.8. The number of primary amides is 1. The summed E-state index contributed by atoms with van der Waals surface area (Å²) in [6.07, 6.45) is -0.106. The van der Waals surface area contributed by atoms with Crippen molar-refractivity contribution in [3.05, 3.63) is 87.9 Å². The van der Waals surface area contributed by atoms with Crippen molar-refractivity contribution >= 4 is 57.9 Å². The number of hydrogen-bond acceptors (Lipinski definition) is 11. The maximum atomic E-state index is 14.5. The molecule has 0 aromatic heterocycles. The zero-order chi connectivity index (χ0) is 37.8. The quantitative estimate of drug-likeness (QED) is 0.160. The smallest absolute Gasteiger partial charge is 0.246 e. The van der Waals surface area contributed by atoms with Crippen LogP contribution in [0.15, 0.2) is 60.7 Å². The number of fused-ring (bicyclic) bond motifs is 3. The number of likely N-dealkylation sites (N-methyl/N-ethyl adjacent to an activating group) is 1. The van der Waals surface area contributed by atoms with Crippen LogP contribution in [-0.2, 0) is 36.9 Å². The van der Waals surface area contributed by atoms with Gasteiger partial charge in [-0.25, -0.2) is 0 Å². The lowest BCUT2D eigenvalue weighted by molar-refractivity contribution is -0.181. The van der Waals surface area contributed by atoms with Gasteiger partial charge in [0.1, 0.15) is 11.7 Å². The molecule has 0 heterocycles. The fraction of sp³-hybridized carbons (Fsp3) is 0.368. The van der Waals surface area contributed by atoms with Gasteiger partial charge >= 0.3 is 0 Å². The largest absolute Gasteiger partial charge is 0.505 e. The molecular formula is C38H40ClN5O8. The Bertz CT molecular complexity index is 1990. The molecule has 272 valence electrons. The Labute approximate surface area is 305 Å². The number of halogens is 1. The number of rotatable bonds is 9. The molecule has 0 saturated heterocycles. The molecule has 5 unspecified atom stereocenters. The molecule has 0 aliphatic heterocycles. The number of benzene rings is 3. The highest BCUT2D eigenvalue weighted by Crippen LogP contribution is 2.54. The first-order chi connectivity index (χ1) is 24.6. The first-order valence-electron chi connectivity index (χ1n) is 16.8. The molecule has 6 rings (SSSR count). The minimum Gasteiger partial charge on any atom is -0.505 e. The van der Waals surface area contributed by atoms with Crippen molar-refractivity contribution in [2.75, 3.05) is 38.4 Å². The third kappa shape index (κ3) is 5.87. The number of aliphatic hydroxyl groups is 1. The summed E-state index contributed by atoms with van der Waals surface area (Å²) >= 11 is 6.95. The summed E-state index contributed by atoms with van der Waals surface area (Å²) in [5.41, 5.74) is 4.16. The predicted octanol–water partition coefficient (Wildman–Crippen LogP) is 2.06. The second kappa shape index (κ2) is 13.9. The van der Waals surface area contributed by atoms with Crippen LogP contribution < -0.4 is 21.3 Å². The minimum atomic E-state index is -2.87. The summed E-state index contributed by atoms with van der Waals surface area (Å²) in [6, 6.07) is 16.2. The maximum Gasteiger partial charge on any atom is 0.246 e. The van der Waals surface area contributed by atoms with Crippen LogP contribution in [0.2, 0.25) is 5.02 Å². The van der Waals surface area contributed by atoms with Crippen LogP contribution in [0.5, 0.6) is 5.75 Å². The lowest BCUT2D eigenvalue weighted by Crippen LogP contribution is -2.74. The van der Waals surface area contributed by atoms with Gasteiger partial charge in [-0.05, 0) is 49.5 Å². The molecule has 0 radical (unpaired) electrons. The van der Waals surface area contributed by atoms with Crippen LogP contribution >= 0.6 is 11.6 Å². The van der Waals surface area contributed by atoms with Gasteiger partial charge in [-0.3, -0.25) is 39.0 Å². The Morgan fingerprint density at radius 1 is 0.981 bits per heavy atom. The van der Waals surface area contributed by atoms with E-state index in [1.165, 1.54) is 19.0 Å². The van der Waals surface area contributed by atoms with Crippen LogP contribution in [0.4, 0.5) is 11.4 Å². The number of amides is 2. The zero-order valence-electron chi connectivity index (χ0n) is 29.1. The topological polar surface area (TPSA) is 199 Å². The predicted molar refractivity (Wildman–Crippen MR) is 192 cm³/mol. The van der Waals surface area contributed by atoms with Gasteiger partial charge in [0.15, 0.2) is 40.4 Å². The van der Waals surface area contributed by atoms with Crippen molar-refractivity contribution in [3.8, 4) is 5.75 Å². The maximum absolute atomic E-state index is 14.5. The molecule has 0 spiro atoms. The molecule has 3 aromatic carbocycles. The zero-order valence-corrected chi connectivity index (χ0v) is 29.8. The Morgan fingerprint density at radius 2 is 1.60 bits per heavy atom. The fourth-order valence-corrected chi connectivity index (χ4v) is 8.71. The summed E-state index contributed by atoms with van der Waals surface area (Å²) in [7, 11) is 6.38. The van der Waals surface area contributed by atoms with Crippen LogP contribution in [0.3, 0.4) is 0 Å². The van der Waals surface area contributed by atoms with E-state index in [-0.39, 0.29) is 29.1 Å². The van der Waals surface area contributed by atoms with Crippen LogP contribution in [0.25, 0.3) is 0 Å². The van der Waals surface area contributed by atoms with E-state index in [2.05, 4.69) is 10.6 Å². The van der Waals surface area contributed by atoms with Crippen LogP contribution in [0, 0.1) is 23.7 Å². The Balaban J connectivity index is 1.42. The molecule has 52 heavy (non-hydrogen) atoms. The van der Waals surface area contributed by atoms with Gasteiger partial charge < -0.3 is 26.2 Å². The van der Waals surface area contributed by atoms with Gasteiger partial charge in [0, 0.05) is 26.6 Å². The second-order valence-corrected chi connectivity index (χ2v) is 14.5. The lowest BCUT2D eigenvalue weighted by Gasteiger charge is -2.52. The SMILES string of the molecule is CN(C)c1c(Cl)c(NC(=O)C(NCc2ccccc2)c2ccccc2)c(O)c2c1CC1CC3[C@H](N(C)C)C(=O)C(C(N)=O)C(=O)[C@@]3(O)C(=O)C1C2=O. The second-order valence-electron chi connectivity index (χ2n) is 14.1. The normalized spacial score (nSPS) is 25.9. The first-order valence-corrected chi connectivity index (χ1v) is 17.2. The Morgan fingerprint density at radius 3 is 2.17 bits per heavy atom. The Kier molecular flexibility index (Phi) is 9.83. The van der Waals surface area contributed by atoms with Crippen molar-refractivity contribution in [1.29, 1.82) is 0 Å². The van der Waals surface area contributed by atoms with E-state index in [1.807, 2.05) is 36.4 Å². The van der Waals surface area contributed by atoms with E-state index in [1.54, 1.807) is 43.3 Å². The number of phenols is 1. The van der Waals surface area contributed by atoms with Crippen molar-refractivity contribution in [3.63, 3.8) is 0 Å². The summed E-state index contributed by atoms with van der Waals surface area (Å²) in [6.45, 7) is 0.323. The van der Waals surface area contributed by atoms with E-state index in [4.69, 9.17) is 17.3 Å². The van der Waals surface area contributed by atoms with Crippen molar-refractivity contribution in [2.45, 2.75) is 37.1 Å². The molecular weight excluding hydrogens is 690 g/mol. The number of carbonyl (C=O) groups is 6. The van der Waals surface area contributed by atoms with Gasteiger partial charge in [0.05, 0.1) is 28.2 Å². The van der Waals surface area contributed by atoms with Gasteiger partial charge in [0.2, 0.25) is 11.8 Å². The molecule has 3 aliphatic carbocycles. The third-order valence-electron chi connectivity index (χ3n) is 10.6. The highest BCUT2D eigenvalue weighted by Gasteiger charge is 2.69. The van der Waals surface area contributed by atoms with Crippen LogP contribution in [0.1, 0.15) is 39.5 Å². The molecule has 13 nitrogen and oxygen atoms in total. The average Bonchev–Trinajstić information content (AvgIpc) is 3.08. The third-order valence-corrected chi connectivity index (χ3v) is 11.0. The number of anilines is 2. The molecule has 0 bridgehead atoms. The molecule has 3 aromatic rings. The molecule has 2 fully saturated rings. The summed E-state index contributed by atoms with van der Waals surface area (Å²) in [5, 5.41) is 29.6. The number of aromatic hydroxyl groups is 1. The summed E-state index contributed by atoms with van der Waals surface area (Å²) < 4.78 is 0. The number of phenolic OH excluding ortho intramolecular Hbond substituents is 1. The van der Waals surface area contributed by atoms with E-state index < -0.39 is 82.1 Å². The number of carbonyl (C=O) groups excluding carboxylic acids is 6. The minimum absolute atomic E-state index is 0.00608. The molecule has 2 saturated carbocycles. The van der Waals surface area contributed by atoms with Crippen molar-refractivity contribution in [1.82, 2.24) is 10.2 Å². The number of ketones is 4. The monoisotopic (exact) mass is 729 g/mol. The number of Topliss-reactive ketones (excluding diaryl/α,β-unsaturated/α-hetero) is 4. The van der Waals surface area contributed by atoms with Gasteiger partial charge in [0.25, 0.3) is 0 Å². The molecule has 14 heteroatoms. The molecule has 3 aliphatic rings. The van der Waals surface area contributed by atoms with Crippen molar-refractivity contribution in [2.24, 2.45) is 29.4 Å². The lowest BCUT2D eigenvalue weighted by atomic mass is 9.52. The van der Waals surface area contributed by atoms with E-state index in [0.29, 0.717) is 23.4 Å². The van der Waals surface area contributed by atoms with Crippen LogP contribution in [-0.4, -0.2) is 89.9 Å². The summed E-state index contributed by atoms with van der Waals surface area (Å²) in [5.74, 6) is -12.6. The highest BCUT2D eigenvalue weighted by atomic mass is 35.5. The van der Waals surface area contributed by atoms with E-state index in [0.717, 1.165) is 5.56 Å². The van der Waals surface area contributed by atoms with Crippen molar-refractivity contribution < 1.29 is 39.0 Å².